The van der Waals surface area contributed by atoms with Gasteiger partial charge in [0.2, 0.25) is 0 Å². The van der Waals surface area contributed by atoms with Crippen LogP contribution in [0.4, 0.5) is 5.69 Å². The summed E-state index contributed by atoms with van der Waals surface area (Å²) in [7, 11) is 0. The first-order valence-corrected chi connectivity index (χ1v) is 10.2. The molecule has 3 heterocycles. The maximum absolute atomic E-state index is 6.34. The summed E-state index contributed by atoms with van der Waals surface area (Å²) in [5.41, 5.74) is 4.61. The third-order valence-electron chi connectivity index (χ3n) is 5.54. The molecule has 0 unspecified atom stereocenters. The maximum atomic E-state index is 6.34. The molecule has 144 valence electrons. The standard InChI is InChI=1S/C22H23ClN4O/c23-19-3-1-2-4-20(19)27-10-8-26(9-11-27)15-18-14-24-22(25-18)17-5-6-21-16(13-17)7-12-28-21/h1-6,13-14H,7-12,15H2,(H,24,25). The second-order valence-corrected chi connectivity index (χ2v) is 7.78. The van der Waals surface area contributed by atoms with Gasteiger partial charge in [0, 0.05) is 50.9 Å². The van der Waals surface area contributed by atoms with Crippen molar-refractivity contribution in [2.24, 2.45) is 0 Å². The molecule has 2 aromatic carbocycles. The van der Waals surface area contributed by atoms with Crippen LogP contribution in [0.15, 0.2) is 48.7 Å². The predicted octanol–water partition coefficient (Wildman–Crippen LogP) is 3.99. The van der Waals surface area contributed by atoms with Gasteiger partial charge in [0.25, 0.3) is 0 Å². The molecule has 0 radical (unpaired) electrons. The lowest BCUT2D eigenvalue weighted by atomic mass is 10.1. The molecule has 5 nitrogen and oxygen atoms in total. The van der Waals surface area contributed by atoms with E-state index in [1.54, 1.807) is 0 Å². The van der Waals surface area contributed by atoms with E-state index in [0.29, 0.717) is 0 Å². The predicted molar refractivity (Wildman–Crippen MR) is 112 cm³/mol. The average molecular weight is 395 g/mol. The second kappa shape index (κ2) is 7.49. The van der Waals surface area contributed by atoms with Crippen LogP contribution in [-0.4, -0.2) is 47.7 Å². The number of halogens is 1. The quantitative estimate of drug-likeness (QED) is 0.726. The Kier molecular flexibility index (Phi) is 4.71. The lowest BCUT2D eigenvalue weighted by Gasteiger charge is -2.36. The monoisotopic (exact) mass is 394 g/mol. The molecule has 0 bridgehead atoms. The highest BCUT2D eigenvalue weighted by Crippen LogP contribution is 2.30. The molecule has 0 spiro atoms. The Labute approximate surface area is 169 Å². The van der Waals surface area contributed by atoms with E-state index < -0.39 is 0 Å². The van der Waals surface area contributed by atoms with Crippen molar-refractivity contribution in [3.05, 3.63) is 64.9 Å². The zero-order valence-electron chi connectivity index (χ0n) is 15.7. The first-order chi connectivity index (χ1) is 13.8. The molecule has 0 amide bonds. The van der Waals surface area contributed by atoms with Gasteiger partial charge >= 0.3 is 0 Å². The fourth-order valence-electron chi connectivity index (χ4n) is 4.01. The van der Waals surface area contributed by atoms with Gasteiger partial charge in [-0.05, 0) is 35.9 Å². The van der Waals surface area contributed by atoms with Crippen LogP contribution in [0.2, 0.25) is 5.02 Å². The summed E-state index contributed by atoms with van der Waals surface area (Å²) in [6.45, 7) is 5.61. The summed E-state index contributed by atoms with van der Waals surface area (Å²) in [4.78, 5) is 13.0. The minimum absolute atomic E-state index is 0.780. The van der Waals surface area contributed by atoms with Crippen molar-refractivity contribution in [1.29, 1.82) is 0 Å². The smallest absolute Gasteiger partial charge is 0.137 e. The van der Waals surface area contributed by atoms with Gasteiger partial charge in [-0.3, -0.25) is 4.90 Å². The number of hydrogen-bond acceptors (Lipinski definition) is 4. The molecule has 1 saturated heterocycles. The van der Waals surface area contributed by atoms with Crippen molar-refractivity contribution in [1.82, 2.24) is 14.9 Å². The van der Waals surface area contributed by atoms with Gasteiger partial charge in [-0.25, -0.2) is 4.98 Å². The summed E-state index contributed by atoms with van der Waals surface area (Å²) in [6.07, 6.45) is 3.01. The maximum Gasteiger partial charge on any atom is 0.137 e. The highest BCUT2D eigenvalue weighted by Gasteiger charge is 2.20. The molecule has 1 aromatic heterocycles. The minimum Gasteiger partial charge on any atom is -0.493 e. The van der Waals surface area contributed by atoms with E-state index in [-0.39, 0.29) is 0 Å². The van der Waals surface area contributed by atoms with Gasteiger partial charge in [0.15, 0.2) is 0 Å². The van der Waals surface area contributed by atoms with Crippen LogP contribution in [0.5, 0.6) is 5.75 Å². The molecule has 2 aliphatic heterocycles. The van der Waals surface area contributed by atoms with E-state index in [0.717, 1.165) is 79.3 Å². The summed E-state index contributed by atoms with van der Waals surface area (Å²) >= 11 is 6.34. The van der Waals surface area contributed by atoms with E-state index in [1.165, 1.54) is 5.56 Å². The first kappa shape index (κ1) is 17.6. The van der Waals surface area contributed by atoms with Gasteiger partial charge in [-0.15, -0.1) is 0 Å². The Morgan fingerprint density at radius 1 is 1.07 bits per heavy atom. The molecule has 1 fully saturated rings. The minimum atomic E-state index is 0.780. The summed E-state index contributed by atoms with van der Waals surface area (Å²) < 4.78 is 5.59. The molecular weight excluding hydrogens is 372 g/mol. The van der Waals surface area contributed by atoms with Crippen molar-refractivity contribution in [3.8, 4) is 17.1 Å². The normalized spacial score (nSPS) is 16.8. The fraction of sp³-hybridized carbons (Fsp3) is 0.318. The molecule has 2 aliphatic rings. The van der Waals surface area contributed by atoms with E-state index in [9.17, 15) is 0 Å². The Hall–Kier alpha value is -2.50. The average Bonchev–Trinajstić information content (AvgIpc) is 3.38. The van der Waals surface area contributed by atoms with Crippen molar-refractivity contribution >= 4 is 17.3 Å². The van der Waals surface area contributed by atoms with Crippen LogP contribution in [0.3, 0.4) is 0 Å². The van der Waals surface area contributed by atoms with Crippen LogP contribution in [-0.2, 0) is 13.0 Å². The van der Waals surface area contributed by atoms with Crippen molar-refractivity contribution in [2.75, 3.05) is 37.7 Å². The number of aromatic amines is 1. The molecular formula is C22H23ClN4O. The van der Waals surface area contributed by atoms with Crippen molar-refractivity contribution in [3.63, 3.8) is 0 Å². The topological polar surface area (TPSA) is 44.4 Å². The number of rotatable bonds is 4. The number of nitrogens with one attached hydrogen (secondary N) is 1. The number of para-hydroxylation sites is 1. The highest BCUT2D eigenvalue weighted by molar-refractivity contribution is 6.33. The van der Waals surface area contributed by atoms with Crippen LogP contribution in [0.25, 0.3) is 11.4 Å². The van der Waals surface area contributed by atoms with Crippen LogP contribution in [0.1, 0.15) is 11.3 Å². The summed E-state index contributed by atoms with van der Waals surface area (Å²) in [5.74, 6) is 1.94. The Bertz CT molecular complexity index is 978. The van der Waals surface area contributed by atoms with E-state index >= 15 is 0 Å². The third-order valence-corrected chi connectivity index (χ3v) is 5.86. The Balaban J connectivity index is 1.22. The van der Waals surface area contributed by atoms with Gasteiger partial charge in [0.1, 0.15) is 11.6 Å². The van der Waals surface area contributed by atoms with Crippen molar-refractivity contribution in [2.45, 2.75) is 13.0 Å². The van der Waals surface area contributed by atoms with Crippen molar-refractivity contribution < 1.29 is 4.74 Å². The molecule has 0 saturated carbocycles. The number of hydrogen-bond donors (Lipinski definition) is 1. The van der Waals surface area contributed by atoms with Gasteiger partial charge < -0.3 is 14.6 Å². The number of aromatic nitrogens is 2. The zero-order chi connectivity index (χ0) is 18.9. The van der Waals surface area contributed by atoms with E-state index in [2.05, 4.69) is 33.0 Å². The molecule has 0 atom stereocenters. The number of fused-ring (bicyclic) bond motifs is 1. The SMILES string of the molecule is Clc1ccccc1N1CCN(Cc2c[nH]c(-c3ccc4c(c3)CCO4)n2)CC1. The van der Waals surface area contributed by atoms with E-state index in [1.807, 2.05) is 30.5 Å². The molecule has 5 rings (SSSR count). The first-order valence-electron chi connectivity index (χ1n) is 9.78. The molecule has 3 aromatic rings. The molecule has 28 heavy (non-hydrogen) atoms. The third kappa shape index (κ3) is 3.48. The number of nitrogens with zero attached hydrogens (tertiary/aromatic N) is 3. The van der Waals surface area contributed by atoms with Crippen LogP contribution < -0.4 is 9.64 Å². The summed E-state index contributed by atoms with van der Waals surface area (Å²) in [6, 6.07) is 14.4. The number of benzene rings is 2. The van der Waals surface area contributed by atoms with E-state index in [4.69, 9.17) is 21.3 Å². The molecule has 6 heteroatoms. The number of H-pyrrole nitrogens is 1. The number of piperazine rings is 1. The second-order valence-electron chi connectivity index (χ2n) is 7.38. The lowest BCUT2D eigenvalue weighted by Crippen LogP contribution is -2.46. The number of ether oxygens (including phenoxy) is 1. The Morgan fingerprint density at radius 2 is 1.93 bits per heavy atom. The van der Waals surface area contributed by atoms with Gasteiger partial charge in [-0.1, -0.05) is 23.7 Å². The largest absolute Gasteiger partial charge is 0.493 e. The number of anilines is 1. The van der Waals surface area contributed by atoms with Crippen LogP contribution >= 0.6 is 11.6 Å². The fourth-order valence-corrected chi connectivity index (χ4v) is 4.26. The lowest BCUT2D eigenvalue weighted by molar-refractivity contribution is 0.247. The van der Waals surface area contributed by atoms with Gasteiger partial charge in [0.05, 0.1) is 23.0 Å². The Morgan fingerprint density at radius 3 is 2.79 bits per heavy atom. The number of imidazole rings is 1. The van der Waals surface area contributed by atoms with Crippen LogP contribution in [0, 0.1) is 0 Å². The highest BCUT2D eigenvalue weighted by atomic mass is 35.5. The summed E-state index contributed by atoms with van der Waals surface area (Å²) in [5, 5.41) is 0.827. The molecule has 1 N–H and O–H groups in total. The van der Waals surface area contributed by atoms with Gasteiger partial charge in [-0.2, -0.15) is 0 Å². The molecule has 0 aliphatic carbocycles. The zero-order valence-corrected chi connectivity index (χ0v) is 16.5.